The maximum absolute atomic E-state index is 13.1. The molecule has 0 radical (unpaired) electrons. The number of nitrogens with zero attached hydrogens (tertiary/aromatic N) is 4. The van der Waals surface area contributed by atoms with Crippen molar-refractivity contribution < 1.29 is 4.39 Å². The summed E-state index contributed by atoms with van der Waals surface area (Å²) < 4.78 is 14.9. The standard InChI is InChI=1S/C16H15FN6S/c1-10(14-8-23-16(21-14)24-9-20-23)18-6-12-7-19-22-15(12)11-2-4-13(17)5-3-11/h2-5,7-10,18H,6H2,1H3,(H,19,22). The molecule has 1 aromatic carbocycles. The minimum atomic E-state index is -0.250. The third-order valence-electron chi connectivity index (χ3n) is 3.90. The Bertz CT molecular complexity index is 926. The number of hydrogen-bond donors (Lipinski definition) is 2. The summed E-state index contributed by atoms with van der Waals surface area (Å²) in [6.07, 6.45) is 3.71. The third-order valence-corrected chi connectivity index (χ3v) is 4.59. The summed E-state index contributed by atoms with van der Waals surface area (Å²) in [5, 5.41) is 14.7. The second-order valence-corrected chi connectivity index (χ2v) is 6.32. The highest BCUT2D eigenvalue weighted by Crippen LogP contribution is 2.22. The fraction of sp³-hybridized carbons (Fsp3) is 0.188. The Hall–Kier alpha value is -2.58. The van der Waals surface area contributed by atoms with E-state index in [0.29, 0.717) is 6.54 Å². The molecule has 2 N–H and O–H groups in total. The molecule has 0 bridgehead atoms. The van der Waals surface area contributed by atoms with Crippen LogP contribution in [0, 0.1) is 5.82 Å². The summed E-state index contributed by atoms with van der Waals surface area (Å²) in [6, 6.07) is 6.45. The molecule has 4 rings (SSSR count). The molecule has 0 saturated carbocycles. The van der Waals surface area contributed by atoms with Crippen LogP contribution >= 0.6 is 11.3 Å². The highest BCUT2D eigenvalue weighted by atomic mass is 32.1. The molecule has 3 aromatic heterocycles. The minimum Gasteiger partial charge on any atom is -0.305 e. The molecule has 8 heteroatoms. The van der Waals surface area contributed by atoms with E-state index in [-0.39, 0.29) is 11.9 Å². The molecule has 0 aliphatic carbocycles. The average molecular weight is 342 g/mol. The summed E-state index contributed by atoms with van der Waals surface area (Å²) in [6.45, 7) is 2.69. The number of imidazole rings is 1. The van der Waals surface area contributed by atoms with Crippen molar-refractivity contribution in [1.82, 2.24) is 30.1 Å². The van der Waals surface area contributed by atoms with Crippen molar-refractivity contribution in [3.63, 3.8) is 0 Å². The lowest BCUT2D eigenvalue weighted by Crippen LogP contribution is -2.18. The summed E-state index contributed by atoms with van der Waals surface area (Å²) in [5.41, 5.74) is 5.53. The zero-order chi connectivity index (χ0) is 16.5. The SMILES string of the molecule is CC(NCc1cn[nH]c1-c1ccc(F)cc1)c1cn2ncsc2n1. The van der Waals surface area contributed by atoms with Crippen LogP contribution in [0.25, 0.3) is 16.2 Å². The topological polar surface area (TPSA) is 70.9 Å². The van der Waals surface area contributed by atoms with E-state index in [1.165, 1.54) is 23.5 Å². The minimum absolute atomic E-state index is 0.0786. The molecular weight excluding hydrogens is 327 g/mol. The molecule has 1 unspecified atom stereocenters. The van der Waals surface area contributed by atoms with Gasteiger partial charge >= 0.3 is 0 Å². The lowest BCUT2D eigenvalue weighted by atomic mass is 10.1. The van der Waals surface area contributed by atoms with Crippen molar-refractivity contribution in [2.45, 2.75) is 19.5 Å². The van der Waals surface area contributed by atoms with Gasteiger partial charge in [-0.25, -0.2) is 13.9 Å². The summed E-state index contributed by atoms with van der Waals surface area (Å²) in [5.74, 6) is -0.250. The largest absolute Gasteiger partial charge is 0.305 e. The Labute approximate surface area is 141 Å². The Kier molecular flexibility index (Phi) is 3.83. The van der Waals surface area contributed by atoms with Crippen LogP contribution in [0.15, 0.2) is 42.2 Å². The highest BCUT2D eigenvalue weighted by molar-refractivity contribution is 7.14. The van der Waals surface area contributed by atoms with Crippen molar-refractivity contribution in [2.75, 3.05) is 0 Å². The fourth-order valence-electron chi connectivity index (χ4n) is 2.54. The van der Waals surface area contributed by atoms with Crippen LogP contribution in [0.4, 0.5) is 4.39 Å². The van der Waals surface area contributed by atoms with E-state index in [1.54, 1.807) is 28.4 Å². The van der Waals surface area contributed by atoms with Crippen molar-refractivity contribution in [3.05, 3.63) is 59.2 Å². The molecule has 0 aliphatic rings. The van der Waals surface area contributed by atoms with E-state index in [9.17, 15) is 4.39 Å². The Morgan fingerprint density at radius 1 is 1.33 bits per heavy atom. The number of hydrogen-bond acceptors (Lipinski definition) is 5. The molecule has 122 valence electrons. The number of benzene rings is 1. The van der Waals surface area contributed by atoms with Gasteiger partial charge in [0.2, 0.25) is 4.96 Å². The fourth-order valence-corrected chi connectivity index (χ4v) is 3.15. The monoisotopic (exact) mass is 342 g/mol. The normalized spacial score (nSPS) is 12.8. The smallest absolute Gasteiger partial charge is 0.212 e. The number of aromatic nitrogens is 5. The predicted molar refractivity (Wildman–Crippen MR) is 90.1 cm³/mol. The molecule has 0 amide bonds. The zero-order valence-electron chi connectivity index (χ0n) is 12.9. The van der Waals surface area contributed by atoms with Gasteiger partial charge in [0.1, 0.15) is 11.3 Å². The summed E-state index contributed by atoms with van der Waals surface area (Å²) in [4.78, 5) is 5.44. The first-order chi connectivity index (χ1) is 11.7. The van der Waals surface area contributed by atoms with E-state index in [0.717, 1.165) is 27.5 Å². The van der Waals surface area contributed by atoms with Crippen molar-refractivity contribution in [3.8, 4) is 11.3 Å². The number of fused-ring (bicyclic) bond motifs is 1. The van der Waals surface area contributed by atoms with Crippen LogP contribution in [-0.2, 0) is 6.54 Å². The van der Waals surface area contributed by atoms with Gasteiger partial charge in [0.25, 0.3) is 0 Å². The quantitative estimate of drug-likeness (QED) is 0.584. The predicted octanol–water partition coefficient (Wildman–Crippen LogP) is 3.17. The lowest BCUT2D eigenvalue weighted by molar-refractivity contribution is 0.564. The number of aromatic amines is 1. The average Bonchev–Trinajstić information content (AvgIpc) is 3.28. The van der Waals surface area contributed by atoms with Crippen LogP contribution in [0.2, 0.25) is 0 Å². The molecule has 3 heterocycles. The molecule has 1 atom stereocenters. The lowest BCUT2D eigenvalue weighted by Gasteiger charge is -2.11. The van der Waals surface area contributed by atoms with Crippen LogP contribution in [0.3, 0.4) is 0 Å². The second kappa shape index (κ2) is 6.14. The van der Waals surface area contributed by atoms with Crippen LogP contribution in [0.1, 0.15) is 24.2 Å². The van der Waals surface area contributed by atoms with Crippen molar-refractivity contribution >= 4 is 16.3 Å². The number of nitrogens with one attached hydrogen (secondary N) is 2. The van der Waals surface area contributed by atoms with Gasteiger partial charge in [-0.05, 0) is 31.2 Å². The first-order valence-electron chi connectivity index (χ1n) is 7.51. The third kappa shape index (κ3) is 2.81. The van der Waals surface area contributed by atoms with E-state index in [2.05, 4.69) is 32.5 Å². The number of rotatable bonds is 5. The molecule has 0 aliphatic heterocycles. The Morgan fingerprint density at radius 2 is 2.17 bits per heavy atom. The van der Waals surface area contributed by atoms with Gasteiger partial charge in [-0.1, -0.05) is 11.3 Å². The molecule has 0 spiro atoms. The van der Waals surface area contributed by atoms with Crippen molar-refractivity contribution in [1.29, 1.82) is 0 Å². The van der Waals surface area contributed by atoms with Gasteiger partial charge in [-0.15, -0.1) is 0 Å². The molecule has 6 nitrogen and oxygen atoms in total. The van der Waals surface area contributed by atoms with Crippen LogP contribution < -0.4 is 5.32 Å². The molecule has 4 aromatic rings. The van der Waals surface area contributed by atoms with Gasteiger partial charge in [0.15, 0.2) is 0 Å². The molecule has 0 saturated heterocycles. The van der Waals surface area contributed by atoms with E-state index < -0.39 is 0 Å². The maximum atomic E-state index is 13.1. The van der Waals surface area contributed by atoms with E-state index in [4.69, 9.17) is 0 Å². The first kappa shape index (κ1) is 15.0. The van der Waals surface area contributed by atoms with E-state index >= 15 is 0 Å². The molecular formula is C16H15FN6S. The number of H-pyrrole nitrogens is 1. The summed E-state index contributed by atoms with van der Waals surface area (Å²) >= 11 is 1.51. The zero-order valence-corrected chi connectivity index (χ0v) is 13.7. The van der Waals surface area contributed by atoms with Gasteiger partial charge in [-0.3, -0.25) is 5.10 Å². The molecule has 24 heavy (non-hydrogen) atoms. The van der Waals surface area contributed by atoms with E-state index in [1.807, 2.05) is 6.20 Å². The Balaban J connectivity index is 1.49. The van der Waals surface area contributed by atoms with Gasteiger partial charge < -0.3 is 5.32 Å². The first-order valence-corrected chi connectivity index (χ1v) is 8.39. The second-order valence-electron chi connectivity index (χ2n) is 5.51. The molecule has 0 fully saturated rings. The maximum Gasteiger partial charge on any atom is 0.212 e. The Morgan fingerprint density at radius 3 is 2.96 bits per heavy atom. The van der Waals surface area contributed by atoms with Gasteiger partial charge in [0, 0.05) is 23.7 Å². The van der Waals surface area contributed by atoms with Crippen molar-refractivity contribution in [2.24, 2.45) is 0 Å². The summed E-state index contributed by atoms with van der Waals surface area (Å²) in [7, 11) is 0. The van der Waals surface area contributed by atoms with Crippen LogP contribution in [0.5, 0.6) is 0 Å². The number of halogens is 1. The van der Waals surface area contributed by atoms with Crippen LogP contribution in [-0.4, -0.2) is 24.8 Å². The van der Waals surface area contributed by atoms with Gasteiger partial charge in [0.05, 0.1) is 23.8 Å². The van der Waals surface area contributed by atoms with Gasteiger partial charge in [-0.2, -0.15) is 10.2 Å². The highest BCUT2D eigenvalue weighted by Gasteiger charge is 2.13.